The Morgan fingerprint density at radius 2 is 1.72 bits per heavy atom. The van der Waals surface area contributed by atoms with E-state index in [1.165, 1.54) is 18.7 Å². The highest BCUT2D eigenvalue weighted by atomic mass is 32.2. The van der Waals surface area contributed by atoms with Crippen molar-refractivity contribution in [2.45, 2.75) is 127 Å². The quantitative estimate of drug-likeness (QED) is 0.386. The van der Waals surface area contributed by atoms with Crippen molar-refractivity contribution in [3.05, 3.63) is 47.5 Å². The number of ether oxygens (including phenoxy) is 2. The molecule has 0 spiro atoms. The van der Waals surface area contributed by atoms with Crippen molar-refractivity contribution in [1.29, 1.82) is 0 Å². The number of nitrogens with zero attached hydrogens (tertiary/aromatic N) is 2. The molecule has 50 heavy (non-hydrogen) atoms. The van der Waals surface area contributed by atoms with Gasteiger partial charge in [0.05, 0.1) is 11.8 Å². The number of sulfonamides is 1. The maximum absolute atomic E-state index is 14.3. The first-order valence-electron chi connectivity index (χ1n) is 17.4. The molecule has 1 aliphatic carbocycles. The van der Waals surface area contributed by atoms with E-state index in [0.717, 1.165) is 24.0 Å². The van der Waals surface area contributed by atoms with Crippen molar-refractivity contribution in [2.24, 2.45) is 5.92 Å². The van der Waals surface area contributed by atoms with Gasteiger partial charge in [-0.05, 0) is 71.4 Å². The first-order valence-corrected chi connectivity index (χ1v) is 18.9. The lowest BCUT2D eigenvalue weighted by molar-refractivity contribution is -0.141. The van der Waals surface area contributed by atoms with Crippen LogP contribution in [0.3, 0.4) is 0 Å². The van der Waals surface area contributed by atoms with Gasteiger partial charge in [0.25, 0.3) is 5.91 Å². The van der Waals surface area contributed by atoms with Crippen LogP contribution in [0.1, 0.15) is 90.7 Å². The van der Waals surface area contributed by atoms with Gasteiger partial charge in [0.15, 0.2) is 0 Å². The number of alkyl carbamates (subject to hydrolysis) is 1. The molecule has 0 aromatic heterocycles. The Bertz CT molecular complexity index is 1610. The maximum atomic E-state index is 14.3. The molecule has 0 bridgehead atoms. The number of hydrogen-bond acceptors (Lipinski definition) is 9. The first kappa shape index (κ1) is 37.1. The van der Waals surface area contributed by atoms with E-state index < -0.39 is 80.4 Å². The van der Waals surface area contributed by atoms with Crippen LogP contribution in [0.5, 0.6) is 0 Å². The maximum Gasteiger partial charge on any atom is 0.410 e. The number of hydrogen-bond donors (Lipinski definition) is 3. The first-order chi connectivity index (χ1) is 23.5. The summed E-state index contributed by atoms with van der Waals surface area (Å²) < 4.78 is 38.8. The molecule has 2 fully saturated rings. The third-order valence-electron chi connectivity index (χ3n) is 9.56. The van der Waals surface area contributed by atoms with E-state index >= 15 is 0 Å². The Labute approximate surface area is 293 Å². The van der Waals surface area contributed by atoms with E-state index in [0.29, 0.717) is 25.9 Å². The van der Waals surface area contributed by atoms with Crippen LogP contribution >= 0.6 is 0 Å². The predicted octanol–water partition coefficient (Wildman–Crippen LogP) is 3.25. The fourth-order valence-electron chi connectivity index (χ4n) is 6.63. The number of carbonyl (C=O) groups excluding carboxylic acids is 5. The van der Waals surface area contributed by atoms with Gasteiger partial charge in [-0.2, -0.15) is 0 Å². The van der Waals surface area contributed by atoms with Gasteiger partial charge in [0.1, 0.15) is 29.3 Å². The minimum Gasteiger partial charge on any atom is -0.444 e. The summed E-state index contributed by atoms with van der Waals surface area (Å²) in [6, 6.07) is 5.45. The lowest BCUT2D eigenvalue weighted by Gasteiger charge is -2.30. The van der Waals surface area contributed by atoms with Gasteiger partial charge >= 0.3 is 12.2 Å². The zero-order valence-electron chi connectivity index (χ0n) is 29.4. The summed E-state index contributed by atoms with van der Waals surface area (Å²) in [5, 5.41) is 4.60. The third kappa shape index (κ3) is 8.59. The summed E-state index contributed by atoms with van der Waals surface area (Å²) in [6.45, 7) is 8.61. The number of fused-ring (bicyclic) bond motifs is 3. The average Bonchev–Trinajstić information content (AvgIpc) is 3.33. The van der Waals surface area contributed by atoms with Crippen LogP contribution in [0.4, 0.5) is 9.59 Å². The van der Waals surface area contributed by atoms with Crippen LogP contribution < -0.4 is 15.4 Å². The van der Waals surface area contributed by atoms with Crippen molar-refractivity contribution < 1.29 is 41.9 Å². The minimum absolute atomic E-state index is 0.0637. The molecule has 1 aromatic carbocycles. The van der Waals surface area contributed by atoms with Crippen LogP contribution in [0.2, 0.25) is 0 Å². The molecule has 0 radical (unpaired) electrons. The number of allylic oxidation sites excluding steroid dienone is 1. The van der Waals surface area contributed by atoms with Gasteiger partial charge in [-0.25, -0.2) is 18.0 Å². The predicted molar refractivity (Wildman–Crippen MR) is 183 cm³/mol. The van der Waals surface area contributed by atoms with Crippen molar-refractivity contribution in [1.82, 2.24) is 25.2 Å². The van der Waals surface area contributed by atoms with E-state index in [1.54, 1.807) is 25.7 Å². The summed E-state index contributed by atoms with van der Waals surface area (Å²) in [6.07, 6.45) is 4.68. The van der Waals surface area contributed by atoms with Crippen molar-refractivity contribution >= 4 is 39.9 Å². The number of carbonyl (C=O) groups is 5. The molecule has 5 amide bonds. The molecule has 4 aliphatic rings. The summed E-state index contributed by atoms with van der Waals surface area (Å²) in [4.78, 5) is 71.0. The van der Waals surface area contributed by atoms with Crippen LogP contribution in [0.15, 0.2) is 36.4 Å². The minimum atomic E-state index is -4.00. The number of amides is 5. The van der Waals surface area contributed by atoms with E-state index in [4.69, 9.17) is 9.47 Å². The lowest BCUT2D eigenvalue weighted by atomic mass is 10.0. The molecule has 1 aromatic rings. The Hall–Kier alpha value is -4.14. The summed E-state index contributed by atoms with van der Waals surface area (Å²) in [7, 11) is -4.00. The third-order valence-corrected chi connectivity index (χ3v) is 11.3. The van der Waals surface area contributed by atoms with Crippen molar-refractivity contribution in [3.63, 3.8) is 0 Å². The Morgan fingerprint density at radius 3 is 2.36 bits per heavy atom. The highest BCUT2D eigenvalue weighted by Gasteiger charge is 2.61. The molecule has 3 aliphatic heterocycles. The SMILES string of the molecule is CC(C)S(=O)(=O)NC(=O)[C@@]12C[C@H]1/C=C/CCCCC[C@H](NC(=O)OC(C)(C)C)C(=O)N1C[C@H](OC(=O)N3Cc4ccccc4C3)C[C@H]1C(=O)N2. The molecule has 3 heterocycles. The number of rotatable bonds is 5. The van der Waals surface area contributed by atoms with Gasteiger partial charge in [-0.1, -0.05) is 49.3 Å². The van der Waals surface area contributed by atoms with Gasteiger partial charge in [-0.3, -0.25) is 24.0 Å². The fraction of sp³-hybridized carbons (Fsp3) is 0.629. The second-order valence-corrected chi connectivity index (χ2v) is 17.2. The Morgan fingerprint density at radius 1 is 1.04 bits per heavy atom. The van der Waals surface area contributed by atoms with Crippen molar-refractivity contribution in [3.8, 4) is 0 Å². The molecule has 3 N–H and O–H groups in total. The van der Waals surface area contributed by atoms with E-state index in [9.17, 15) is 32.4 Å². The fourth-order valence-corrected chi connectivity index (χ4v) is 7.31. The highest BCUT2D eigenvalue weighted by molar-refractivity contribution is 7.90. The lowest BCUT2D eigenvalue weighted by Crippen LogP contribution is -2.58. The van der Waals surface area contributed by atoms with Crippen LogP contribution in [-0.4, -0.2) is 89.2 Å². The second kappa shape index (κ2) is 14.6. The molecular formula is C35H49N5O9S. The zero-order valence-corrected chi connectivity index (χ0v) is 30.2. The average molecular weight is 716 g/mol. The standard InChI is InChI=1S/C35H49N5O9S/c1-22(2)50(46,47)38-31(43)35-18-25(35)15-9-7-6-8-10-16-27(36-32(44)49-34(3,4)5)30(42)40-21-26(17-28(40)29(41)37-35)48-33(45)39-19-23-13-11-12-14-24(23)20-39/h9,11-15,22,25-28H,6-8,10,16-21H2,1-5H3,(H,36,44)(H,37,41)(H,38,43)/b15-9+/t25-,26-,27+,28+,35-/m1/s1. The normalized spacial score (nSPS) is 27.9. The van der Waals surface area contributed by atoms with Crippen LogP contribution in [-0.2, 0) is 47.0 Å². The number of benzene rings is 1. The molecule has 15 heteroatoms. The Kier molecular flexibility index (Phi) is 10.8. The van der Waals surface area contributed by atoms with Gasteiger partial charge in [-0.15, -0.1) is 0 Å². The van der Waals surface area contributed by atoms with Crippen LogP contribution in [0.25, 0.3) is 0 Å². The van der Waals surface area contributed by atoms with E-state index in [1.807, 2.05) is 36.4 Å². The van der Waals surface area contributed by atoms with Gasteiger partial charge in [0, 0.05) is 25.4 Å². The summed E-state index contributed by atoms with van der Waals surface area (Å²) in [5.41, 5.74) is -0.354. The second-order valence-electron chi connectivity index (χ2n) is 14.9. The van der Waals surface area contributed by atoms with E-state index in [-0.39, 0.29) is 25.8 Å². The zero-order chi connectivity index (χ0) is 36.4. The molecule has 1 saturated carbocycles. The summed E-state index contributed by atoms with van der Waals surface area (Å²) >= 11 is 0. The highest BCUT2D eigenvalue weighted by Crippen LogP contribution is 2.46. The molecule has 5 rings (SSSR count). The van der Waals surface area contributed by atoms with Crippen LogP contribution in [0, 0.1) is 5.92 Å². The van der Waals surface area contributed by atoms with Gasteiger partial charge in [0.2, 0.25) is 21.8 Å². The molecule has 0 unspecified atom stereocenters. The number of nitrogens with one attached hydrogen (secondary N) is 3. The molecular weight excluding hydrogens is 666 g/mol. The topological polar surface area (TPSA) is 181 Å². The largest absolute Gasteiger partial charge is 0.444 e. The van der Waals surface area contributed by atoms with Gasteiger partial charge < -0.3 is 25.0 Å². The summed E-state index contributed by atoms with van der Waals surface area (Å²) in [5.74, 6) is -2.55. The molecule has 5 atom stereocenters. The molecule has 1 saturated heterocycles. The molecule has 274 valence electrons. The molecule has 14 nitrogen and oxygen atoms in total. The van der Waals surface area contributed by atoms with E-state index in [2.05, 4.69) is 15.4 Å². The monoisotopic (exact) mass is 715 g/mol. The van der Waals surface area contributed by atoms with Crippen molar-refractivity contribution in [2.75, 3.05) is 6.54 Å². The smallest absolute Gasteiger partial charge is 0.410 e. The Balaban J connectivity index is 1.41.